The van der Waals surface area contributed by atoms with Crippen LogP contribution in [-0.4, -0.2) is 21.3 Å². The number of pyridine rings is 1. The molecule has 6 heteroatoms. The van der Waals surface area contributed by atoms with Crippen LogP contribution in [0.3, 0.4) is 0 Å². The number of halogens is 2. The maximum atomic E-state index is 13.0. The molecule has 0 aliphatic heterocycles. The first kappa shape index (κ1) is 14.9. The number of nitrogens with zero attached hydrogens (tertiary/aromatic N) is 3. The topological polar surface area (TPSA) is 42.7 Å². The predicted molar refractivity (Wildman–Crippen MR) is 77.2 cm³/mol. The Balaban J connectivity index is 2.41. The first-order valence-electron chi connectivity index (χ1n) is 6.73. The van der Waals surface area contributed by atoms with Gasteiger partial charge in [-0.3, -0.25) is 9.67 Å². The summed E-state index contributed by atoms with van der Waals surface area (Å²) in [6, 6.07) is 2.89. The quantitative estimate of drug-likeness (QED) is 0.890. The van der Waals surface area contributed by atoms with Gasteiger partial charge < -0.3 is 5.32 Å². The molecule has 2 heterocycles. The van der Waals surface area contributed by atoms with Crippen LogP contribution in [0.4, 0.5) is 4.39 Å². The van der Waals surface area contributed by atoms with Crippen molar-refractivity contribution in [1.82, 2.24) is 20.1 Å². The zero-order valence-corrected chi connectivity index (χ0v) is 12.4. The molecule has 2 aromatic rings. The van der Waals surface area contributed by atoms with Crippen molar-refractivity contribution in [3.8, 4) is 0 Å². The van der Waals surface area contributed by atoms with Crippen LogP contribution < -0.4 is 5.32 Å². The number of hydrogen-bond acceptors (Lipinski definition) is 3. The minimum Gasteiger partial charge on any atom is -0.304 e. The molecule has 2 aromatic heterocycles. The van der Waals surface area contributed by atoms with E-state index in [1.165, 1.54) is 12.3 Å². The number of aryl methyl sites for hydroxylation is 1. The summed E-state index contributed by atoms with van der Waals surface area (Å²) in [6.07, 6.45) is 3.83. The van der Waals surface area contributed by atoms with Crippen LogP contribution >= 0.6 is 11.6 Å². The number of hydrogen-bond donors (Lipinski definition) is 1. The van der Waals surface area contributed by atoms with Gasteiger partial charge in [0.05, 0.1) is 34.8 Å². The van der Waals surface area contributed by atoms with E-state index < -0.39 is 0 Å². The molecule has 2 rings (SSSR count). The third-order valence-electron chi connectivity index (χ3n) is 3.05. The van der Waals surface area contributed by atoms with Gasteiger partial charge in [0.25, 0.3) is 0 Å². The molecular weight excluding hydrogens is 279 g/mol. The van der Waals surface area contributed by atoms with E-state index in [9.17, 15) is 4.39 Å². The van der Waals surface area contributed by atoms with Gasteiger partial charge in [-0.05, 0) is 32.0 Å². The molecule has 108 valence electrons. The van der Waals surface area contributed by atoms with E-state index in [4.69, 9.17) is 11.6 Å². The third-order valence-corrected chi connectivity index (χ3v) is 3.34. The lowest BCUT2D eigenvalue weighted by Crippen LogP contribution is -2.27. The average Bonchev–Trinajstić information content (AvgIpc) is 2.82. The van der Waals surface area contributed by atoms with Crippen LogP contribution in [0.5, 0.6) is 0 Å². The maximum absolute atomic E-state index is 13.0. The molecule has 0 amide bonds. The van der Waals surface area contributed by atoms with E-state index >= 15 is 0 Å². The van der Waals surface area contributed by atoms with Crippen LogP contribution in [0.15, 0.2) is 24.5 Å². The molecule has 0 saturated carbocycles. The SMILES string of the molecule is CCCNC(c1ccc(F)cn1)c1c(Cl)cnn1CC. The van der Waals surface area contributed by atoms with Gasteiger partial charge in [0.15, 0.2) is 0 Å². The van der Waals surface area contributed by atoms with Crippen LogP contribution in [0.1, 0.15) is 37.7 Å². The molecule has 0 spiro atoms. The molecule has 1 unspecified atom stereocenters. The fourth-order valence-electron chi connectivity index (χ4n) is 2.10. The Hall–Kier alpha value is -1.46. The summed E-state index contributed by atoms with van der Waals surface area (Å²) >= 11 is 6.25. The van der Waals surface area contributed by atoms with Crippen molar-refractivity contribution in [3.05, 3.63) is 46.8 Å². The predicted octanol–water partition coefficient (Wildman–Crippen LogP) is 3.18. The van der Waals surface area contributed by atoms with Gasteiger partial charge in [0.2, 0.25) is 0 Å². The highest BCUT2D eigenvalue weighted by Crippen LogP contribution is 2.27. The number of aromatic nitrogens is 3. The normalized spacial score (nSPS) is 12.6. The van der Waals surface area contributed by atoms with Crippen LogP contribution in [0.25, 0.3) is 0 Å². The molecular formula is C14H18ClFN4. The maximum Gasteiger partial charge on any atom is 0.141 e. The highest BCUT2D eigenvalue weighted by Gasteiger charge is 2.22. The molecule has 0 saturated heterocycles. The second-order valence-corrected chi connectivity index (χ2v) is 4.89. The highest BCUT2D eigenvalue weighted by atomic mass is 35.5. The second kappa shape index (κ2) is 6.81. The van der Waals surface area contributed by atoms with Gasteiger partial charge in [0.1, 0.15) is 5.82 Å². The molecule has 0 radical (unpaired) electrons. The smallest absolute Gasteiger partial charge is 0.141 e. The first-order chi connectivity index (χ1) is 9.67. The van der Waals surface area contributed by atoms with Crippen molar-refractivity contribution in [2.75, 3.05) is 6.54 Å². The monoisotopic (exact) mass is 296 g/mol. The summed E-state index contributed by atoms with van der Waals surface area (Å²) in [5, 5.41) is 8.23. The van der Waals surface area contributed by atoms with Crippen molar-refractivity contribution < 1.29 is 4.39 Å². The van der Waals surface area contributed by atoms with Gasteiger partial charge in [-0.1, -0.05) is 18.5 Å². The zero-order valence-electron chi connectivity index (χ0n) is 11.6. The Morgan fingerprint density at radius 1 is 1.35 bits per heavy atom. The van der Waals surface area contributed by atoms with Crippen molar-refractivity contribution in [3.63, 3.8) is 0 Å². The molecule has 0 aliphatic rings. The molecule has 20 heavy (non-hydrogen) atoms. The van der Waals surface area contributed by atoms with E-state index in [0.29, 0.717) is 11.6 Å². The van der Waals surface area contributed by atoms with Gasteiger partial charge in [0, 0.05) is 6.54 Å². The summed E-state index contributed by atoms with van der Waals surface area (Å²) in [5.41, 5.74) is 1.60. The summed E-state index contributed by atoms with van der Waals surface area (Å²) in [4.78, 5) is 4.17. The van der Waals surface area contributed by atoms with E-state index in [-0.39, 0.29) is 11.9 Å². The Kier molecular flexibility index (Phi) is 5.09. The molecule has 0 aliphatic carbocycles. The fraction of sp³-hybridized carbons (Fsp3) is 0.429. The lowest BCUT2D eigenvalue weighted by Gasteiger charge is -2.19. The molecule has 0 fully saturated rings. The van der Waals surface area contributed by atoms with E-state index in [1.807, 2.05) is 11.6 Å². The molecule has 0 bridgehead atoms. The minimum atomic E-state index is -0.349. The largest absolute Gasteiger partial charge is 0.304 e. The number of rotatable bonds is 6. The Labute approximate surface area is 123 Å². The lowest BCUT2D eigenvalue weighted by molar-refractivity contribution is 0.519. The van der Waals surface area contributed by atoms with Gasteiger partial charge in [-0.15, -0.1) is 0 Å². The van der Waals surface area contributed by atoms with Gasteiger partial charge in [-0.2, -0.15) is 5.10 Å². The van der Waals surface area contributed by atoms with E-state index in [2.05, 4.69) is 22.3 Å². The second-order valence-electron chi connectivity index (χ2n) is 4.48. The van der Waals surface area contributed by atoms with Crippen LogP contribution in [0, 0.1) is 5.82 Å². The molecule has 4 nitrogen and oxygen atoms in total. The third kappa shape index (κ3) is 3.16. The number of nitrogens with one attached hydrogen (secondary N) is 1. The van der Waals surface area contributed by atoms with Gasteiger partial charge in [-0.25, -0.2) is 4.39 Å². The highest BCUT2D eigenvalue weighted by molar-refractivity contribution is 6.31. The Bertz CT molecular complexity index is 553. The fourth-order valence-corrected chi connectivity index (χ4v) is 2.35. The minimum absolute atomic E-state index is 0.189. The lowest BCUT2D eigenvalue weighted by atomic mass is 10.1. The summed E-state index contributed by atoms with van der Waals surface area (Å²) in [7, 11) is 0. The Morgan fingerprint density at radius 3 is 2.75 bits per heavy atom. The van der Waals surface area contributed by atoms with E-state index in [1.54, 1.807) is 12.3 Å². The van der Waals surface area contributed by atoms with E-state index in [0.717, 1.165) is 24.4 Å². The van der Waals surface area contributed by atoms with Crippen molar-refractivity contribution >= 4 is 11.6 Å². The zero-order chi connectivity index (χ0) is 14.5. The summed E-state index contributed by atoms with van der Waals surface area (Å²) in [6.45, 7) is 5.62. The average molecular weight is 297 g/mol. The van der Waals surface area contributed by atoms with Crippen molar-refractivity contribution in [1.29, 1.82) is 0 Å². The van der Waals surface area contributed by atoms with Gasteiger partial charge >= 0.3 is 0 Å². The first-order valence-corrected chi connectivity index (χ1v) is 7.11. The summed E-state index contributed by atoms with van der Waals surface area (Å²) in [5.74, 6) is -0.349. The Morgan fingerprint density at radius 2 is 2.15 bits per heavy atom. The van der Waals surface area contributed by atoms with Crippen molar-refractivity contribution in [2.24, 2.45) is 0 Å². The van der Waals surface area contributed by atoms with Crippen LogP contribution in [-0.2, 0) is 6.54 Å². The van der Waals surface area contributed by atoms with Crippen LogP contribution in [0.2, 0.25) is 5.02 Å². The molecule has 1 atom stereocenters. The van der Waals surface area contributed by atoms with Crippen molar-refractivity contribution in [2.45, 2.75) is 32.9 Å². The summed E-state index contributed by atoms with van der Waals surface area (Å²) < 4.78 is 14.9. The molecule has 1 N–H and O–H groups in total. The standard InChI is InChI=1S/C14H18ClFN4/c1-3-7-17-13(12-6-5-10(16)8-18-12)14-11(15)9-19-20(14)4-2/h5-6,8-9,13,17H,3-4,7H2,1-2H3. The molecule has 0 aromatic carbocycles.